The van der Waals surface area contributed by atoms with Crippen molar-refractivity contribution in [2.45, 2.75) is 78.6 Å². The minimum Gasteiger partial charge on any atom is -0.453 e. The van der Waals surface area contributed by atoms with Crippen LogP contribution in [0.5, 0.6) is 0 Å². The molecule has 2 N–H and O–H groups in total. The summed E-state index contributed by atoms with van der Waals surface area (Å²) in [5, 5.41) is 22.0. The van der Waals surface area contributed by atoms with Crippen LogP contribution >= 0.6 is 0 Å². The number of carbonyl (C=O) groups excluding carboxylic acids is 3. The molecule has 4 aliphatic carbocycles. The van der Waals surface area contributed by atoms with E-state index in [1.165, 1.54) is 6.92 Å². The van der Waals surface area contributed by atoms with Gasteiger partial charge in [-0.3, -0.25) is 14.4 Å². The zero-order valence-electron chi connectivity index (χ0n) is 17.2. The molecule has 0 unspecified atom stereocenters. The Balaban J connectivity index is 1.94. The number of carbonyl (C=O) groups is 3. The Kier molecular flexibility index (Phi) is 4.07. The fourth-order valence-electron chi connectivity index (χ4n) is 6.86. The summed E-state index contributed by atoms with van der Waals surface area (Å²) in [5.74, 6) is -1.74. The van der Waals surface area contributed by atoms with Gasteiger partial charge < -0.3 is 14.9 Å². The van der Waals surface area contributed by atoms with E-state index in [1.54, 1.807) is 0 Å². The number of ketones is 2. The van der Waals surface area contributed by atoms with Crippen molar-refractivity contribution in [1.29, 1.82) is 0 Å². The molecule has 4 aliphatic rings. The van der Waals surface area contributed by atoms with Crippen LogP contribution in [0.25, 0.3) is 0 Å². The average Bonchev–Trinajstić information content (AvgIpc) is 3.24. The molecule has 0 aliphatic heterocycles. The quantitative estimate of drug-likeness (QED) is 0.664. The van der Waals surface area contributed by atoms with E-state index in [0.29, 0.717) is 18.4 Å². The highest BCUT2D eigenvalue weighted by Crippen LogP contribution is 2.66. The van der Waals surface area contributed by atoms with Gasteiger partial charge in [-0.2, -0.15) is 0 Å². The van der Waals surface area contributed by atoms with Crippen molar-refractivity contribution < 1.29 is 29.3 Å². The second kappa shape index (κ2) is 5.76. The maximum atomic E-state index is 13.7. The lowest BCUT2D eigenvalue weighted by Crippen LogP contribution is -2.63. The molecule has 0 aromatic rings. The summed E-state index contributed by atoms with van der Waals surface area (Å²) in [5.41, 5.74) is -1.75. The molecule has 2 saturated carbocycles. The molecule has 6 nitrogen and oxygen atoms in total. The van der Waals surface area contributed by atoms with Crippen molar-refractivity contribution in [3.63, 3.8) is 0 Å². The molecule has 0 saturated heterocycles. The lowest BCUT2D eigenvalue weighted by atomic mass is 9.46. The van der Waals surface area contributed by atoms with Crippen LogP contribution in [0.2, 0.25) is 0 Å². The van der Waals surface area contributed by atoms with Crippen LogP contribution in [0, 0.1) is 28.1 Å². The predicted molar refractivity (Wildman–Crippen MR) is 100 cm³/mol. The number of fused-ring (bicyclic) bond motifs is 2. The minimum atomic E-state index is -1.38. The summed E-state index contributed by atoms with van der Waals surface area (Å²) in [6.07, 6.45) is -0.788. The van der Waals surface area contributed by atoms with Crippen molar-refractivity contribution in [3.8, 4) is 0 Å². The van der Waals surface area contributed by atoms with Crippen LogP contribution in [0.4, 0.5) is 0 Å². The summed E-state index contributed by atoms with van der Waals surface area (Å²) in [6.45, 7) is 9.11. The lowest BCUT2D eigenvalue weighted by molar-refractivity contribution is -0.166. The lowest BCUT2D eigenvalue weighted by Gasteiger charge is -2.58. The smallest absolute Gasteiger partial charge is 0.303 e. The second-order valence-electron chi connectivity index (χ2n) is 10.3. The normalized spacial score (nSPS) is 46.9. The number of hydrogen-bond donors (Lipinski definition) is 2. The molecule has 0 bridgehead atoms. The Morgan fingerprint density at radius 2 is 1.75 bits per heavy atom. The van der Waals surface area contributed by atoms with E-state index in [2.05, 4.69) is 0 Å². The molecular weight excluding hydrogens is 360 g/mol. The van der Waals surface area contributed by atoms with Gasteiger partial charge in [-0.1, -0.05) is 34.1 Å². The van der Waals surface area contributed by atoms with E-state index in [4.69, 9.17) is 4.74 Å². The monoisotopic (exact) mass is 390 g/mol. The van der Waals surface area contributed by atoms with Gasteiger partial charge in [0.15, 0.2) is 11.9 Å². The van der Waals surface area contributed by atoms with Crippen LogP contribution in [0.3, 0.4) is 0 Å². The first-order valence-electron chi connectivity index (χ1n) is 10.3. The molecule has 2 fully saturated rings. The summed E-state index contributed by atoms with van der Waals surface area (Å²) in [4.78, 5) is 39.0. The highest BCUT2D eigenvalue weighted by molar-refractivity contribution is 6.20. The largest absolute Gasteiger partial charge is 0.453 e. The third kappa shape index (κ3) is 2.25. The molecule has 0 heterocycles. The summed E-state index contributed by atoms with van der Waals surface area (Å²) >= 11 is 0. The number of ether oxygens (including phenoxy) is 1. The van der Waals surface area contributed by atoms with Gasteiger partial charge >= 0.3 is 5.97 Å². The number of aliphatic hydroxyl groups is 2. The SMILES string of the molecule is CC(=O)O[C@@H]1C(=O)C2=C(C(=O)[C@]13C[C@@H]3C)[C@H](O)[C@@H](O)[C@H]1C(C)(C)CCC[C@]21C. The van der Waals surface area contributed by atoms with E-state index in [9.17, 15) is 24.6 Å². The Morgan fingerprint density at radius 3 is 2.29 bits per heavy atom. The van der Waals surface area contributed by atoms with Crippen molar-refractivity contribution in [2.75, 3.05) is 0 Å². The number of aliphatic hydroxyl groups excluding tert-OH is 2. The fraction of sp³-hybridized carbons (Fsp3) is 0.773. The minimum absolute atomic E-state index is 0.0710. The molecule has 0 radical (unpaired) electrons. The van der Waals surface area contributed by atoms with Crippen molar-refractivity contribution in [3.05, 3.63) is 11.1 Å². The van der Waals surface area contributed by atoms with Crippen LogP contribution in [-0.4, -0.2) is 46.1 Å². The number of hydrogen-bond acceptors (Lipinski definition) is 6. The van der Waals surface area contributed by atoms with E-state index in [-0.39, 0.29) is 34.4 Å². The number of rotatable bonds is 1. The van der Waals surface area contributed by atoms with E-state index in [0.717, 1.165) is 12.8 Å². The first-order chi connectivity index (χ1) is 12.9. The molecule has 154 valence electrons. The van der Waals surface area contributed by atoms with Gasteiger partial charge in [0.05, 0.1) is 11.5 Å². The predicted octanol–water partition coefficient (Wildman–Crippen LogP) is 1.96. The van der Waals surface area contributed by atoms with Gasteiger partial charge in [-0.15, -0.1) is 0 Å². The highest BCUT2D eigenvalue weighted by Gasteiger charge is 2.73. The van der Waals surface area contributed by atoms with Gasteiger partial charge in [-0.25, -0.2) is 0 Å². The Bertz CT molecular complexity index is 810. The molecule has 0 amide bonds. The van der Waals surface area contributed by atoms with Gasteiger partial charge in [0.2, 0.25) is 5.78 Å². The number of esters is 1. The Labute approximate surface area is 165 Å². The van der Waals surface area contributed by atoms with Crippen molar-refractivity contribution in [1.82, 2.24) is 0 Å². The molecule has 28 heavy (non-hydrogen) atoms. The molecule has 0 aromatic carbocycles. The van der Waals surface area contributed by atoms with Crippen LogP contribution in [-0.2, 0) is 19.1 Å². The van der Waals surface area contributed by atoms with Crippen LogP contribution < -0.4 is 0 Å². The first-order valence-corrected chi connectivity index (χ1v) is 10.3. The Hall–Kier alpha value is -1.53. The van der Waals surface area contributed by atoms with E-state index >= 15 is 0 Å². The first kappa shape index (κ1) is 19.8. The van der Waals surface area contributed by atoms with Gasteiger partial charge in [0.25, 0.3) is 0 Å². The standard InChI is InChI=1S/C22H30O6/c1-10-9-22(10)18(27)12-13(15(25)19(22)28-11(2)23)21(5)8-6-7-20(3,4)17(21)16(26)14(12)24/h10,14,16-17,19,24,26H,6-9H2,1-5H3/t10-,14-,16+,17-,19+,21+,22+/m0/s1. The van der Waals surface area contributed by atoms with Gasteiger partial charge in [0, 0.05) is 29.4 Å². The molecule has 7 atom stereocenters. The van der Waals surface area contributed by atoms with E-state index < -0.39 is 35.1 Å². The topological polar surface area (TPSA) is 101 Å². The summed E-state index contributed by atoms with van der Waals surface area (Å²) < 4.78 is 5.42. The summed E-state index contributed by atoms with van der Waals surface area (Å²) in [7, 11) is 0. The Morgan fingerprint density at radius 1 is 1.14 bits per heavy atom. The maximum Gasteiger partial charge on any atom is 0.303 e. The fourth-order valence-corrected chi connectivity index (χ4v) is 6.86. The molecular formula is C22H30O6. The summed E-state index contributed by atoms with van der Waals surface area (Å²) in [6, 6.07) is 0. The third-order valence-electron chi connectivity index (χ3n) is 8.11. The van der Waals surface area contributed by atoms with Crippen molar-refractivity contribution in [2.24, 2.45) is 28.1 Å². The average molecular weight is 390 g/mol. The highest BCUT2D eigenvalue weighted by atomic mass is 16.5. The molecule has 1 spiro atoms. The van der Waals surface area contributed by atoms with E-state index in [1.807, 2.05) is 27.7 Å². The molecule has 0 aromatic heterocycles. The molecule has 6 heteroatoms. The van der Waals surface area contributed by atoms with Crippen LogP contribution in [0.15, 0.2) is 11.1 Å². The second-order valence-corrected chi connectivity index (χ2v) is 10.3. The zero-order valence-corrected chi connectivity index (χ0v) is 17.2. The van der Waals surface area contributed by atoms with Crippen molar-refractivity contribution >= 4 is 17.5 Å². The van der Waals surface area contributed by atoms with Gasteiger partial charge in [0.1, 0.15) is 6.10 Å². The van der Waals surface area contributed by atoms with Crippen LogP contribution in [0.1, 0.15) is 60.3 Å². The third-order valence-corrected chi connectivity index (χ3v) is 8.11. The number of Topliss-reactive ketones (excluding diaryl/α,β-unsaturated/α-hetero) is 2. The molecule has 4 rings (SSSR count). The zero-order chi connectivity index (χ0) is 20.8. The van der Waals surface area contributed by atoms with Gasteiger partial charge in [-0.05, 0) is 30.6 Å². The maximum absolute atomic E-state index is 13.7.